The number of hydrogen-bond acceptors (Lipinski definition) is 6. The maximum absolute atomic E-state index is 12.4. The van der Waals surface area contributed by atoms with Crippen molar-refractivity contribution in [2.24, 2.45) is 0 Å². The van der Waals surface area contributed by atoms with Crippen LogP contribution >= 0.6 is 0 Å². The monoisotopic (exact) mass is 388 g/mol. The molecule has 0 aliphatic heterocycles. The molecule has 1 aliphatic carbocycles. The number of nitrogens with zero attached hydrogens (tertiary/aromatic N) is 5. The fraction of sp³-hybridized carbons (Fsp3) is 0.286. The van der Waals surface area contributed by atoms with Gasteiger partial charge in [0.2, 0.25) is 5.91 Å². The van der Waals surface area contributed by atoms with Crippen molar-refractivity contribution >= 4 is 11.6 Å². The van der Waals surface area contributed by atoms with E-state index in [1.54, 1.807) is 4.40 Å². The second-order valence-electron chi connectivity index (χ2n) is 7.37. The van der Waals surface area contributed by atoms with Gasteiger partial charge in [-0.05, 0) is 43.0 Å². The van der Waals surface area contributed by atoms with Gasteiger partial charge in [-0.15, -0.1) is 10.2 Å². The average Bonchev–Trinajstić information content (AvgIpc) is 3.33. The molecule has 0 atom stereocenters. The van der Waals surface area contributed by atoms with Crippen LogP contribution in [0, 0.1) is 6.92 Å². The standard InChI is InChI=1S/C21H20N6O2/c1-13-4-2-3-5-16(13)12-22-19(28)11-18-25-24-17-10-15(8-9-27(17)18)21-23-20(26-29-21)14-6-7-14/h2-5,8-10,14H,6-7,11-12H2,1H3,(H,22,28). The average molecular weight is 388 g/mol. The van der Waals surface area contributed by atoms with Crippen LogP contribution in [-0.2, 0) is 17.8 Å². The summed E-state index contributed by atoms with van der Waals surface area (Å²) < 4.78 is 7.17. The van der Waals surface area contributed by atoms with Gasteiger partial charge in [0.25, 0.3) is 5.89 Å². The van der Waals surface area contributed by atoms with Crippen LogP contribution < -0.4 is 5.32 Å². The second kappa shape index (κ2) is 7.12. The Bertz CT molecular complexity index is 1190. The summed E-state index contributed by atoms with van der Waals surface area (Å²) >= 11 is 0. The topological polar surface area (TPSA) is 98.2 Å². The third kappa shape index (κ3) is 3.61. The van der Waals surface area contributed by atoms with Gasteiger partial charge in [-0.25, -0.2) is 0 Å². The fourth-order valence-corrected chi connectivity index (χ4v) is 3.26. The molecular formula is C21H20N6O2. The van der Waals surface area contributed by atoms with Gasteiger partial charge in [0.05, 0.1) is 6.42 Å². The van der Waals surface area contributed by atoms with Crippen LogP contribution in [0.4, 0.5) is 0 Å². The molecular weight excluding hydrogens is 368 g/mol. The molecule has 0 bridgehead atoms. The van der Waals surface area contributed by atoms with E-state index in [9.17, 15) is 4.79 Å². The lowest BCUT2D eigenvalue weighted by atomic mass is 10.1. The Labute approximate surface area is 167 Å². The molecule has 0 saturated heterocycles. The molecule has 4 aromatic rings. The van der Waals surface area contributed by atoms with Gasteiger partial charge in [0.1, 0.15) is 5.82 Å². The summed E-state index contributed by atoms with van der Waals surface area (Å²) in [5.74, 6) is 2.17. The highest BCUT2D eigenvalue weighted by Crippen LogP contribution is 2.38. The van der Waals surface area contributed by atoms with Crippen LogP contribution in [0.2, 0.25) is 0 Å². The number of amides is 1. The van der Waals surface area contributed by atoms with Crippen molar-refractivity contribution in [1.29, 1.82) is 0 Å². The predicted octanol–water partition coefficient (Wildman–Crippen LogP) is 2.82. The van der Waals surface area contributed by atoms with Crippen molar-refractivity contribution in [2.45, 2.75) is 38.6 Å². The van der Waals surface area contributed by atoms with E-state index in [1.807, 2.05) is 49.5 Å². The van der Waals surface area contributed by atoms with Gasteiger partial charge in [-0.3, -0.25) is 9.20 Å². The molecule has 5 rings (SSSR count). The first-order valence-electron chi connectivity index (χ1n) is 9.66. The number of aryl methyl sites for hydroxylation is 1. The van der Waals surface area contributed by atoms with Crippen LogP contribution in [-0.4, -0.2) is 30.6 Å². The van der Waals surface area contributed by atoms with Crippen molar-refractivity contribution in [3.05, 3.63) is 65.4 Å². The van der Waals surface area contributed by atoms with E-state index in [-0.39, 0.29) is 12.3 Å². The number of carbonyl (C=O) groups excluding carboxylic acids is 1. The molecule has 1 aromatic carbocycles. The number of benzene rings is 1. The van der Waals surface area contributed by atoms with E-state index in [4.69, 9.17) is 4.52 Å². The second-order valence-corrected chi connectivity index (χ2v) is 7.37. The molecule has 3 heterocycles. The molecule has 8 nitrogen and oxygen atoms in total. The van der Waals surface area contributed by atoms with Crippen LogP contribution in [0.3, 0.4) is 0 Å². The summed E-state index contributed by atoms with van der Waals surface area (Å²) in [7, 11) is 0. The summed E-state index contributed by atoms with van der Waals surface area (Å²) in [5.41, 5.74) is 3.68. The molecule has 146 valence electrons. The molecule has 29 heavy (non-hydrogen) atoms. The van der Waals surface area contributed by atoms with Gasteiger partial charge < -0.3 is 9.84 Å². The Morgan fingerprint density at radius 2 is 2.10 bits per heavy atom. The van der Waals surface area contributed by atoms with Gasteiger partial charge in [-0.2, -0.15) is 4.98 Å². The van der Waals surface area contributed by atoms with Gasteiger partial charge in [-0.1, -0.05) is 29.4 Å². The Kier molecular flexibility index (Phi) is 4.31. The zero-order valence-electron chi connectivity index (χ0n) is 16.0. The largest absolute Gasteiger partial charge is 0.352 e. The van der Waals surface area contributed by atoms with Gasteiger partial charge >= 0.3 is 0 Å². The molecule has 1 saturated carbocycles. The lowest BCUT2D eigenvalue weighted by Gasteiger charge is -2.07. The first-order chi connectivity index (χ1) is 14.2. The van der Waals surface area contributed by atoms with Crippen molar-refractivity contribution in [1.82, 2.24) is 30.1 Å². The van der Waals surface area contributed by atoms with E-state index < -0.39 is 0 Å². The SMILES string of the molecule is Cc1ccccc1CNC(=O)Cc1nnc2cc(-c3nc(C4CC4)no3)ccn12. The van der Waals surface area contributed by atoms with Crippen molar-refractivity contribution < 1.29 is 9.32 Å². The number of aromatic nitrogens is 5. The Balaban J connectivity index is 1.29. The minimum Gasteiger partial charge on any atom is -0.352 e. The van der Waals surface area contributed by atoms with Crippen molar-refractivity contribution in [2.75, 3.05) is 0 Å². The van der Waals surface area contributed by atoms with E-state index >= 15 is 0 Å². The highest BCUT2D eigenvalue weighted by atomic mass is 16.5. The number of rotatable bonds is 6. The number of pyridine rings is 1. The molecule has 8 heteroatoms. The highest BCUT2D eigenvalue weighted by Gasteiger charge is 2.29. The molecule has 3 aromatic heterocycles. The lowest BCUT2D eigenvalue weighted by Crippen LogP contribution is -2.25. The quantitative estimate of drug-likeness (QED) is 0.545. The van der Waals surface area contributed by atoms with E-state index in [0.717, 1.165) is 35.4 Å². The van der Waals surface area contributed by atoms with Crippen molar-refractivity contribution in [3.63, 3.8) is 0 Å². The van der Waals surface area contributed by atoms with Crippen LogP contribution in [0.1, 0.15) is 41.5 Å². The smallest absolute Gasteiger partial charge is 0.258 e. The summed E-state index contributed by atoms with van der Waals surface area (Å²) in [6.45, 7) is 2.52. The van der Waals surface area contributed by atoms with Gasteiger partial charge in [0, 0.05) is 24.2 Å². The minimum absolute atomic E-state index is 0.0994. The number of hydrogen-bond donors (Lipinski definition) is 1. The normalized spacial score (nSPS) is 13.7. The summed E-state index contributed by atoms with van der Waals surface area (Å²) in [5, 5.41) is 15.4. The van der Waals surface area contributed by atoms with Crippen molar-refractivity contribution in [3.8, 4) is 11.5 Å². The number of carbonyl (C=O) groups is 1. The molecule has 1 aliphatic rings. The summed E-state index contributed by atoms with van der Waals surface area (Å²) in [6.07, 6.45) is 4.23. The molecule has 1 amide bonds. The molecule has 0 spiro atoms. The third-order valence-corrected chi connectivity index (χ3v) is 5.17. The highest BCUT2D eigenvalue weighted by molar-refractivity contribution is 5.78. The van der Waals surface area contributed by atoms with Crippen LogP contribution in [0.25, 0.3) is 17.1 Å². The Morgan fingerprint density at radius 3 is 2.93 bits per heavy atom. The van der Waals surface area contributed by atoms with Crippen LogP contribution in [0.5, 0.6) is 0 Å². The summed E-state index contributed by atoms with van der Waals surface area (Å²) in [6, 6.07) is 11.7. The molecule has 0 unspecified atom stereocenters. The fourth-order valence-electron chi connectivity index (χ4n) is 3.26. The zero-order chi connectivity index (χ0) is 19.8. The molecule has 1 N–H and O–H groups in total. The number of fused-ring (bicyclic) bond motifs is 1. The maximum Gasteiger partial charge on any atom is 0.258 e. The zero-order valence-corrected chi connectivity index (χ0v) is 16.0. The minimum atomic E-state index is -0.0994. The third-order valence-electron chi connectivity index (χ3n) is 5.17. The van der Waals surface area contributed by atoms with E-state index in [2.05, 4.69) is 25.7 Å². The lowest BCUT2D eigenvalue weighted by molar-refractivity contribution is -0.120. The van der Waals surface area contributed by atoms with E-state index in [1.165, 1.54) is 0 Å². The molecule has 0 radical (unpaired) electrons. The maximum atomic E-state index is 12.4. The molecule has 1 fully saturated rings. The first-order valence-corrected chi connectivity index (χ1v) is 9.66. The van der Waals surface area contributed by atoms with E-state index in [0.29, 0.717) is 29.8 Å². The predicted molar refractivity (Wildman–Crippen MR) is 105 cm³/mol. The number of nitrogens with one attached hydrogen (secondary N) is 1. The first kappa shape index (κ1) is 17.5. The Hall–Kier alpha value is -3.55. The Morgan fingerprint density at radius 1 is 1.24 bits per heavy atom. The van der Waals surface area contributed by atoms with Crippen LogP contribution in [0.15, 0.2) is 47.1 Å². The summed E-state index contributed by atoms with van der Waals surface area (Å²) in [4.78, 5) is 16.8. The van der Waals surface area contributed by atoms with Gasteiger partial charge in [0.15, 0.2) is 11.5 Å².